The van der Waals surface area contributed by atoms with E-state index in [0.29, 0.717) is 38.1 Å². The lowest BCUT2D eigenvalue weighted by molar-refractivity contribution is -0.130. The quantitative estimate of drug-likeness (QED) is 0.642. The standard InChI is InChI=1S/C23H24N2O4/c1-28-19-10-8-17(9-11-19)18-12-15-24(16-13-18)22(26)7-4-14-25-20-5-2-3-6-21(20)29-23(25)27/h2-3,5-6,8-12H,4,7,13-16H2,1H3. The highest BCUT2D eigenvalue weighted by Crippen LogP contribution is 2.24. The molecule has 0 saturated carbocycles. The van der Waals surface area contributed by atoms with E-state index >= 15 is 0 Å². The van der Waals surface area contributed by atoms with Crippen LogP contribution in [0, 0.1) is 0 Å². The van der Waals surface area contributed by atoms with E-state index in [1.165, 1.54) is 11.1 Å². The Bertz CT molecular complexity index is 1090. The van der Waals surface area contributed by atoms with Crippen LogP contribution in [0.5, 0.6) is 5.75 Å². The van der Waals surface area contributed by atoms with Gasteiger partial charge in [0, 0.05) is 26.1 Å². The van der Waals surface area contributed by atoms with Gasteiger partial charge in [0.15, 0.2) is 5.58 Å². The first kappa shape index (κ1) is 19.1. The van der Waals surface area contributed by atoms with Crippen LogP contribution in [-0.4, -0.2) is 35.6 Å². The Hall–Kier alpha value is -3.28. The van der Waals surface area contributed by atoms with Gasteiger partial charge in [0.25, 0.3) is 0 Å². The lowest BCUT2D eigenvalue weighted by Crippen LogP contribution is -2.34. The molecule has 6 heteroatoms. The first-order chi connectivity index (χ1) is 14.2. The largest absolute Gasteiger partial charge is 0.497 e. The maximum atomic E-state index is 12.6. The minimum Gasteiger partial charge on any atom is -0.497 e. The number of oxazole rings is 1. The molecule has 1 aliphatic rings. The number of ether oxygens (including phenoxy) is 1. The van der Waals surface area contributed by atoms with Crippen LogP contribution in [0.1, 0.15) is 24.8 Å². The van der Waals surface area contributed by atoms with Gasteiger partial charge in [-0.3, -0.25) is 9.36 Å². The van der Waals surface area contributed by atoms with E-state index in [1.807, 2.05) is 35.2 Å². The Kier molecular flexibility index (Phi) is 5.51. The Morgan fingerprint density at radius 2 is 1.93 bits per heavy atom. The molecule has 0 spiro atoms. The molecule has 2 aromatic carbocycles. The summed E-state index contributed by atoms with van der Waals surface area (Å²) in [5, 5.41) is 0. The molecule has 0 aliphatic carbocycles. The maximum absolute atomic E-state index is 12.6. The summed E-state index contributed by atoms with van der Waals surface area (Å²) in [5.74, 6) is 0.589. The molecule has 1 aromatic heterocycles. The second kappa shape index (κ2) is 8.39. The Labute approximate surface area is 169 Å². The number of para-hydroxylation sites is 2. The Morgan fingerprint density at radius 3 is 2.66 bits per heavy atom. The zero-order valence-electron chi connectivity index (χ0n) is 16.5. The van der Waals surface area contributed by atoms with Gasteiger partial charge in [-0.05, 0) is 48.2 Å². The number of aryl methyl sites for hydroxylation is 1. The fourth-order valence-corrected chi connectivity index (χ4v) is 3.74. The molecule has 0 N–H and O–H groups in total. The second-order valence-electron chi connectivity index (χ2n) is 7.14. The summed E-state index contributed by atoms with van der Waals surface area (Å²) in [5.41, 5.74) is 3.78. The van der Waals surface area contributed by atoms with Crippen LogP contribution in [0.2, 0.25) is 0 Å². The number of fused-ring (bicyclic) bond motifs is 1. The Balaban J connectivity index is 1.32. The molecule has 1 amide bonds. The van der Waals surface area contributed by atoms with Crippen molar-refractivity contribution in [3.05, 3.63) is 70.7 Å². The first-order valence-corrected chi connectivity index (χ1v) is 9.85. The number of hydrogen-bond acceptors (Lipinski definition) is 4. The number of nitrogens with zero attached hydrogens (tertiary/aromatic N) is 2. The van der Waals surface area contributed by atoms with Crippen molar-refractivity contribution in [3.8, 4) is 5.75 Å². The number of benzene rings is 2. The van der Waals surface area contributed by atoms with Crippen LogP contribution in [0.4, 0.5) is 0 Å². The molecule has 3 aromatic rings. The first-order valence-electron chi connectivity index (χ1n) is 9.85. The van der Waals surface area contributed by atoms with Crippen molar-refractivity contribution in [2.45, 2.75) is 25.8 Å². The fraction of sp³-hybridized carbons (Fsp3) is 0.304. The van der Waals surface area contributed by atoms with Gasteiger partial charge in [-0.2, -0.15) is 0 Å². The lowest BCUT2D eigenvalue weighted by atomic mass is 9.99. The number of aromatic nitrogens is 1. The fourth-order valence-electron chi connectivity index (χ4n) is 3.74. The number of rotatable bonds is 6. The molecule has 0 atom stereocenters. The van der Waals surface area contributed by atoms with Crippen molar-refractivity contribution in [2.75, 3.05) is 20.2 Å². The van der Waals surface area contributed by atoms with Crippen LogP contribution in [0.15, 0.2) is 63.8 Å². The summed E-state index contributed by atoms with van der Waals surface area (Å²) in [6.07, 6.45) is 3.98. The van der Waals surface area contributed by atoms with E-state index in [0.717, 1.165) is 17.7 Å². The van der Waals surface area contributed by atoms with E-state index in [9.17, 15) is 9.59 Å². The second-order valence-corrected chi connectivity index (χ2v) is 7.14. The molecule has 0 radical (unpaired) electrons. The highest BCUT2D eigenvalue weighted by Gasteiger charge is 2.18. The average molecular weight is 392 g/mol. The summed E-state index contributed by atoms with van der Waals surface area (Å²) in [4.78, 5) is 26.5. The molecule has 150 valence electrons. The third kappa shape index (κ3) is 4.11. The lowest BCUT2D eigenvalue weighted by Gasteiger charge is -2.27. The molecule has 0 bridgehead atoms. The van der Waals surface area contributed by atoms with Crippen LogP contribution in [-0.2, 0) is 11.3 Å². The van der Waals surface area contributed by atoms with Crippen molar-refractivity contribution < 1.29 is 13.9 Å². The van der Waals surface area contributed by atoms with E-state index in [4.69, 9.17) is 9.15 Å². The molecule has 2 heterocycles. The van der Waals surface area contributed by atoms with Gasteiger partial charge in [-0.25, -0.2) is 4.79 Å². The van der Waals surface area contributed by atoms with Crippen molar-refractivity contribution in [1.82, 2.24) is 9.47 Å². The van der Waals surface area contributed by atoms with E-state index in [1.54, 1.807) is 17.7 Å². The van der Waals surface area contributed by atoms with Gasteiger partial charge in [0.1, 0.15) is 5.75 Å². The third-order valence-corrected chi connectivity index (χ3v) is 5.37. The van der Waals surface area contributed by atoms with E-state index in [2.05, 4.69) is 18.2 Å². The van der Waals surface area contributed by atoms with Gasteiger partial charge in [0.2, 0.25) is 5.91 Å². The zero-order chi connectivity index (χ0) is 20.2. The molecule has 6 nitrogen and oxygen atoms in total. The van der Waals surface area contributed by atoms with Gasteiger partial charge in [0.05, 0.1) is 12.6 Å². The van der Waals surface area contributed by atoms with Crippen LogP contribution in [0.3, 0.4) is 0 Å². The summed E-state index contributed by atoms with van der Waals surface area (Å²) in [6, 6.07) is 15.4. The predicted octanol–water partition coefficient (Wildman–Crippen LogP) is 3.70. The minimum atomic E-state index is -0.372. The normalized spacial score (nSPS) is 14.1. The number of methoxy groups -OCH3 is 1. The molecule has 29 heavy (non-hydrogen) atoms. The monoisotopic (exact) mass is 392 g/mol. The SMILES string of the molecule is COc1ccc(C2=CCN(C(=O)CCCn3c(=O)oc4ccccc43)CC2)cc1. The van der Waals surface area contributed by atoms with Crippen LogP contribution in [0.25, 0.3) is 16.7 Å². The highest BCUT2D eigenvalue weighted by molar-refractivity contribution is 5.78. The molecular weight excluding hydrogens is 368 g/mol. The van der Waals surface area contributed by atoms with Crippen molar-refractivity contribution in [3.63, 3.8) is 0 Å². The molecule has 0 fully saturated rings. The zero-order valence-corrected chi connectivity index (χ0v) is 16.5. The van der Waals surface area contributed by atoms with Crippen LogP contribution >= 0.6 is 0 Å². The van der Waals surface area contributed by atoms with Gasteiger partial charge < -0.3 is 14.1 Å². The molecule has 0 unspecified atom stereocenters. The van der Waals surface area contributed by atoms with Crippen molar-refractivity contribution in [2.24, 2.45) is 0 Å². The van der Waals surface area contributed by atoms with Gasteiger partial charge in [-0.15, -0.1) is 0 Å². The number of hydrogen-bond donors (Lipinski definition) is 0. The van der Waals surface area contributed by atoms with Gasteiger partial charge >= 0.3 is 5.76 Å². The smallest absolute Gasteiger partial charge is 0.419 e. The number of carbonyl (C=O) groups is 1. The molecule has 0 saturated heterocycles. The predicted molar refractivity (Wildman–Crippen MR) is 112 cm³/mol. The highest BCUT2D eigenvalue weighted by atomic mass is 16.5. The minimum absolute atomic E-state index is 0.121. The summed E-state index contributed by atoms with van der Waals surface area (Å²) in [6.45, 7) is 1.81. The summed E-state index contributed by atoms with van der Waals surface area (Å²) in [7, 11) is 1.66. The maximum Gasteiger partial charge on any atom is 0.419 e. The molecular formula is C23H24N2O4. The number of carbonyl (C=O) groups excluding carboxylic acids is 1. The van der Waals surface area contributed by atoms with Crippen molar-refractivity contribution >= 4 is 22.6 Å². The molecule has 1 aliphatic heterocycles. The topological polar surface area (TPSA) is 64.7 Å². The average Bonchev–Trinajstić information content (AvgIpc) is 3.09. The van der Waals surface area contributed by atoms with E-state index in [-0.39, 0.29) is 11.7 Å². The van der Waals surface area contributed by atoms with Gasteiger partial charge in [-0.1, -0.05) is 30.3 Å². The Morgan fingerprint density at radius 1 is 1.14 bits per heavy atom. The molecule has 4 rings (SSSR count). The van der Waals surface area contributed by atoms with Crippen LogP contribution < -0.4 is 10.5 Å². The van der Waals surface area contributed by atoms with Crippen molar-refractivity contribution in [1.29, 1.82) is 0 Å². The summed E-state index contributed by atoms with van der Waals surface area (Å²) >= 11 is 0. The summed E-state index contributed by atoms with van der Waals surface area (Å²) < 4.78 is 12.0. The van der Waals surface area contributed by atoms with E-state index < -0.39 is 0 Å². The number of amides is 1. The third-order valence-electron chi connectivity index (χ3n) is 5.37.